The molecule has 1 fully saturated rings. The summed E-state index contributed by atoms with van der Waals surface area (Å²) in [5.41, 5.74) is 0.315. The van der Waals surface area contributed by atoms with Gasteiger partial charge < -0.3 is 0 Å². The van der Waals surface area contributed by atoms with Crippen LogP contribution in [0.1, 0.15) is 39.3 Å². The summed E-state index contributed by atoms with van der Waals surface area (Å²) in [7, 11) is 2.03. The van der Waals surface area contributed by atoms with Crippen molar-refractivity contribution in [1.82, 2.24) is 9.96 Å². The third kappa shape index (κ3) is 1.69. The molecule has 93 valence electrons. The van der Waals surface area contributed by atoms with Crippen molar-refractivity contribution in [2.24, 2.45) is 0 Å². The van der Waals surface area contributed by atoms with Gasteiger partial charge in [0.05, 0.1) is 17.2 Å². The first kappa shape index (κ1) is 12.6. The van der Waals surface area contributed by atoms with Crippen LogP contribution < -0.4 is 0 Å². The molecule has 2 rings (SSSR count). The molecule has 0 saturated carbocycles. The average molecular weight is 233 g/mol. The molecule has 1 heterocycles. The Morgan fingerprint density at radius 2 is 1.59 bits per heavy atom. The van der Waals surface area contributed by atoms with Crippen molar-refractivity contribution in [3.8, 4) is 0 Å². The van der Waals surface area contributed by atoms with Crippen LogP contribution in [0.15, 0.2) is 30.3 Å². The van der Waals surface area contributed by atoms with Gasteiger partial charge in [0.15, 0.2) is 0 Å². The molecule has 0 N–H and O–H groups in total. The fourth-order valence-corrected chi connectivity index (χ4v) is 3.02. The largest absolute Gasteiger partial charge is 0.278 e. The first-order valence-corrected chi connectivity index (χ1v) is 6.05. The van der Waals surface area contributed by atoms with Gasteiger partial charge in [-0.15, -0.1) is 10.3 Å². The van der Waals surface area contributed by atoms with Crippen molar-refractivity contribution in [2.45, 2.75) is 44.9 Å². The Labute approximate surface area is 104 Å². The second-order valence-corrected chi connectivity index (χ2v) is 5.87. The van der Waals surface area contributed by atoms with Crippen LogP contribution in [0, 0.1) is 0 Å². The molecule has 1 aromatic rings. The molecule has 17 heavy (non-hydrogen) atoms. The lowest BCUT2D eigenvalue weighted by Crippen LogP contribution is -2.48. The van der Waals surface area contributed by atoms with Crippen molar-refractivity contribution in [1.29, 1.82) is 0 Å². The Balaban J connectivity index is 2.48. The maximum Gasteiger partial charge on any atom is 0.0962 e. The average Bonchev–Trinajstić information content (AvgIpc) is 2.39. The molecule has 1 atom stereocenters. The lowest BCUT2D eigenvalue weighted by molar-refractivity contribution is -0.257. The van der Waals surface area contributed by atoms with E-state index in [-0.39, 0.29) is 6.04 Å². The molecule has 1 aliphatic rings. The summed E-state index contributed by atoms with van der Waals surface area (Å²) in [6, 6.07) is 10.4. The second kappa shape index (κ2) is 3.80. The van der Waals surface area contributed by atoms with E-state index in [1.807, 2.05) is 52.9 Å². The van der Waals surface area contributed by atoms with E-state index in [0.717, 1.165) is 0 Å². The van der Waals surface area contributed by atoms with Crippen molar-refractivity contribution >= 4 is 0 Å². The summed E-state index contributed by atoms with van der Waals surface area (Å²) in [5.74, 6) is 0. The van der Waals surface area contributed by atoms with Gasteiger partial charge in [-0.3, -0.25) is 4.90 Å². The van der Waals surface area contributed by atoms with Gasteiger partial charge in [-0.2, -0.15) is 0 Å². The number of nitrogens with zero attached hydrogens (tertiary/aromatic N) is 2. The van der Waals surface area contributed by atoms with E-state index in [0.29, 0.717) is 0 Å². The van der Waals surface area contributed by atoms with Crippen LogP contribution in [0.4, 0.5) is 0 Å². The van der Waals surface area contributed by atoms with E-state index in [9.17, 15) is 5.21 Å². The van der Waals surface area contributed by atoms with Gasteiger partial charge in [-0.1, -0.05) is 30.3 Å². The van der Waals surface area contributed by atoms with E-state index < -0.39 is 11.2 Å². The molecule has 1 unspecified atom stereocenters. The van der Waals surface area contributed by atoms with Crippen LogP contribution in [0.3, 0.4) is 0 Å². The predicted molar refractivity (Wildman–Crippen MR) is 67.6 cm³/mol. The van der Waals surface area contributed by atoms with Crippen molar-refractivity contribution in [2.75, 3.05) is 7.05 Å². The number of likely N-dealkylation sites (N-methyl/N-ethyl adjacent to an activating group) is 1. The molecule has 1 aromatic carbocycles. The van der Waals surface area contributed by atoms with Gasteiger partial charge in [0, 0.05) is 0 Å². The standard InChI is InChI=1S/C14H21N2O/c1-13(2)12(11-9-7-6-8-10-11)15(5)14(3,4)16(13)17/h6-10,12H,1-5H3. The Kier molecular flexibility index (Phi) is 2.81. The fourth-order valence-electron chi connectivity index (χ4n) is 3.02. The second-order valence-electron chi connectivity index (χ2n) is 5.87. The summed E-state index contributed by atoms with van der Waals surface area (Å²) in [4.78, 5) is 2.16. The topological polar surface area (TPSA) is 26.4 Å². The van der Waals surface area contributed by atoms with Gasteiger partial charge in [-0.05, 0) is 40.3 Å². The van der Waals surface area contributed by atoms with Gasteiger partial charge in [-0.25, -0.2) is 0 Å². The number of hydrogen-bond acceptors (Lipinski definition) is 2. The maximum atomic E-state index is 12.4. The lowest BCUT2D eigenvalue weighted by Gasteiger charge is -2.32. The molecule has 1 saturated heterocycles. The van der Waals surface area contributed by atoms with Crippen LogP contribution in [0.5, 0.6) is 0 Å². The molecule has 3 heteroatoms. The molecule has 3 nitrogen and oxygen atoms in total. The number of hydroxylamine groups is 2. The highest BCUT2D eigenvalue weighted by Gasteiger charge is 2.56. The summed E-state index contributed by atoms with van der Waals surface area (Å²) in [6.07, 6.45) is 0. The van der Waals surface area contributed by atoms with E-state index in [4.69, 9.17) is 0 Å². The summed E-state index contributed by atoms with van der Waals surface area (Å²) >= 11 is 0. The van der Waals surface area contributed by atoms with Crippen LogP contribution in [-0.2, 0) is 5.21 Å². The van der Waals surface area contributed by atoms with E-state index in [1.165, 1.54) is 10.6 Å². The zero-order valence-corrected chi connectivity index (χ0v) is 11.3. The van der Waals surface area contributed by atoms with Gasteiger partial charge in [0.2, 0.25) is 0 Å². The van der Waals surface area contributed by atoms with Crippen molar-refractivity contribution < 1.29 is 5.21 Å². The molecule has 0 bridgehead atoms. The number of hydrogen-bond donors (Lipinski definition) is 0. The monoisotopic (exact) mass is 233 g/mol. The zero-order valence-electron chi connectivity index (χ0n) is 11.3. The quantitative estimate of drug-likeness (QED) is 0.745. The van der Waals surface area contributed by atoms with E-state index >= 15 is 0 Å². The molecule has 0 aromatic heterocycles. The van der Waals surface area contributed by atoms with Crippen LogP contribution in [0.25, 0.3) is 0 Å². The third-order valence-corrected chi connectivity index (χ3v) is 4.06. The minimum atomic E-state index is -0.468. The van der Waals surface area contributed by atoms with Crippen molar-refractivity contribution in [3.05, 3.63) is 35.9 Å². The first-order chi connectivity index (χ1) is 7.79. The minimum Gasteiger partial charge on any atom is -0.278 e. The van der Waals surface area contributed by atoms with Gasteiger partial charge >= 0.3 is 0 Å². The summed E-state index contributed by atoms with van der Waals surface area (Å²) < 4.78 is 0. The van der Waals surface area contributed by atoms with Crippen molar-refractivity contribution in [3.63, 3.8) is 0 Å². The van der Waals surface area contributed by atoms with Gasteiger partial charge in [0.1, 0.15) is 0 Å². The van der Waals surface area contributed by atoms with Crippen LogP contribution in [0.2, 0.25) is 0 Å². The molecular formula is C14H21N2O. The molecule has 0 amide bonds. The predicted octanol–water partition coefficient (Wildman–Crippen LogP) is 2.84. The molecule has 0 aliphatic carbocycles. The third-order valence-electron chi connectivity index (χ3n) is 4.06. The highest BCUT2D eigenvalue weighted by atomic mass is 16.5. The smallest absolute Gasteiger partial charge is 0.0962 e. The summed E-state index contributed by atoms with van der Waals surface area (Å²) in [5, 5.41) is 13.6. The highest BCUT2D eigenvalue weighted by molar-refractivity contribution is 5.25. The van der Waals surface area contributed by atoms with E-state index in [1.54, 1.807) is 0 Å². The fraction of sp³-hybridized carbons (Fsp3) is 0.571. The normalized spacial score (nSPS) is 28.5. The first-order valence-electron chi connectivity index (χ1n) is 6.05. The molecule has 1 radical (unpaired) electrons. The molecular weight excluding hydrogens is 212 g/mol. The van der Waals surface area contributed by atoms with Gasteiger partial charge in [0.25, 0.3) is 0 Å². The number of rotatable bonds is 1. The Hall–Kier alpha value is -0.900. The zero-order chi connectivity index (χ0) is 12.8. The van der Waals surface area contributed by atoms with Crippen LogP contribution in [-0.4, -0.2) is 28.2 Å². The van der Waals surface area contributed by atoms with E-state index in [2.05, 4.69) is 17.0 Å². The minimum absolute atomic E-state index is 0.121. The highest BCUT2D eigenvalue weighted by Crippen LogP contribution is 2.47. The lowest BCUT2D eigenvalue weighted by atomic mass is 9.89. The molecule has 1 aliphatic heterocycles. The SMILES string of the molecule is CN1C(c2ccccc2)C(C)(C)N([O])C1(C)C. The Bertz CT molecular complexity index is 400. The Morgan fingerprint density at radius 3 is 2.00 bits per heavy atom. The van der Waals surface area contributed by atoms with Crippen LogP contribution >= 0.6 is 0 Å². The summed E-state index contributed by atoms with van der Waals surface area (Å²) in [6.45, 7) is 7.99. The number of benzene rings is 1. The maximum absolute atomic E-state index is 12.4. The molecule has 0 spiro atoms. The Morgan fingerprint density at radius 1 is 1.06 bits per heavy atom.